The summed E-state index contributed by atoms with van der Waals surface area (Å²) in [7, 11) is -1.55. The normalized spacial score (nSPS) is 19.4. The molecule has 0 radical (unpaired) electrons. The summed E-state index contributed by atoms with van der Waals surface area (Å²) in [6.45, 7) is -0.749. The molecule has 4 nitrogen and oxygen atoms in total. The van der Waals surface area contributed by atoms with Gasteiger partial charge in [-0.2, -0.15) is 0 Å². The first-order valence-electron chi connectivity index (χ1n) is 12.3. The number of rotatable bonds is 10. The Morgan fingerprint density at radius 3 is 2.80 bits per heavy atom. The Labute approximate surface area is 163 Å². The van der Waals surface area contributed by atoms with Crippen molar-refractivity contribution >= 4 is 0 Å². The molecule has 0 heterocycles. The molecular weight excluding hydrogens is 316 g/mol. The summed E-state index contributed by atoms with van der Waals surface area (Å²) in [6.07, 6.45) is -7.96. The van der Waals surface area contributed by atoms with Gasteiger partial charge in [0.15, 0.2) is 11.5 Å². The molecule has 136 valence electrons. The minimum Gasteiger partial charge on any atom is -0.493 e. The largest absolute Gasteiger partial charge is 0.493 e. The van der Waals surface area contributed by atoms with E-state index in [9.17, 15) is 5.11 Å². The van der Waals surface area contributed by atoms with Crippen molar-refractivity contribution in [3.8, 4) is 17.2 Å². The van der Waals surface area contributed by atoms with Crippen LogP contribution >= 0.6 is 0 Å². The van der Waals surface area contributed by atoms with Gasteiger partial charge >= 0.3 is 0 Å². The number of methoxy groups -OCH3 is 2. The van der Waals surface area contributed by atoms with Crippen molar-refractivity contribution in [3.63, 3.8) is 0 Å². The van der Waals surface area contributed by atoms with E-state index in [0.717, 1.165) is 11.6 Å². The molecule has 2 aromatic rings. The zero-order valence-corrected chi connectivity index (χ0v) is 14.2. The van der Waals surface area contributed by atoms with E-state index >= 15 is 0 Å². The van der Waals surface area contributed by atoms with Gasteiger partial charge in [-0.25, -0.2) is 0 Å². The van der Waals surface area contributed by atoms with Crippen LogP contribution in [-0.4, -0.2) is 31.9 Å². The fourth-order valence-electron chi connectivity index (χ4n) is 2.08. The summed E-state index contributed by atoms with van der Waals surface area (Å²) in [5.74, 6) is -0.0434. The lowest BCUT2D eigenvalue weighted by molar-refractivity contribution is 0.0976. The lowest BCUT2D eigenvalue weighted by Gasteiger charge is -2.13. The van der Waals surface area contributed by atoms with Gasteiger partial charge in [-0.15, -0.1) is 0 Å². The topological polar surface area (TPSA) is 47.9 Å². The highest BCUT2D eigenvalue weighted by Crippen LogP contribution is 2.28. The van der Waals surface area contributed by atoms with Gasteiger partial charge < -0.3 is 19.3 Å². The van der Waals surface area contributed by atoms with E-state index in [1.54, 1.807) is 25.1 Å². The van der Waals surface area contributed by atoms with Crippen LogP contribution in [-0.2, 0) is 6.37 Å². The Morgan fingerprint density at radius 2 is 2.04 bits per heavy atom. The van der Waals surface area contributed by atoms with Crippen molar-refractivity contribution in [2.45, 2.75) is 38.6 Å². The second kappa shape index (κ2) is 9.94. The molecule has 0 aromatic heterocycles. The van der Waals surface area contributed by atoms with Crippen molar-refractivity contribution in [2.75, 3.05) is 20.7 Å². The van der Waals surface area contributed by atoms with Gasteiger partial charge in [0.25, 0.3) is 0 Å². The standard InChI is InChI=1S/C21H28O4/c1-16-7-6-10-19(13-16)25-15-18(22)9-5-4-8-17-11-12-20(23-2)21(14-17)24-3/h6-7,10-14,18,22H,4-5,8-9,15H2,1-3H3/i3D3,4D2,8D2,15D2. The third kappa shape index (κ3) is 6.31. The molecule has 0 aliphatic heterocycles. The maximum absolute atomic E-state index is 10.4. The van der Waals surface area contributed by atoms with Crippen LogP contribution in [0.5, 0.6) is 17.2 Å². The van der Waals surface area contributed by atoms with Crippen LogP contribution in [0.4, 0.5) is 0 Å². The number of hydrogen-bond donors (Lipinski definition) is 1. The number of hydrogen-bond acceptors (Lipinski definition) is 4. The number of aliphatic hydroxyl groups is 1. The van der Waals surface area contributed by atoms with Crippen LogP contribution < -0.4 is 14.2 Å². The second-order valence-electron chi connectivity index (χ2n) is 5.36. The molecular formula is C21H28O4. The Morgan fingerprint density at radius 1 is 1.16 bits per heavy atom. The summed E-state index contributed by atoms with van der Waals surface area (Å²) in [6, 6.07) is 10.2. The molecule has 0 fully saturated rings. The summed E-state index contributed by atoms with van der Waals surface area (Å²) in [5, 5.41) is 10.4. The van der Waals surface area contributed by atoms with Crippen LogP contribution in [0.1, 0.15) is 42.7 Å². The van der Waals surface area contributed by atoms with Crippen LogP contribution in [0.25, 0.3) is 0 Å². The highest BCUT2D eigenvalue weighted by Gasteiger charge is 2.07. The monoisotopic (exact) mass is 353 g/mol. The van der Waals surface area contributed by atoms with Crippen LogP contribution in [0.15, 0.2) is 42.5 Å². The first-order valence-corrected chi connectivity index (χ1v) is 7.80. The maximum Gasteiger partial charge on any atom is 0.160 e. The van der Waals surface area contributed by atoms with E-state index in [1.165, 1.54) is 25.3 Å². The minimum atomic E-state index is -2.83. The predicted octanol–water partition coefficient (Wildman–Crippen LogP) is 4.16. The van der Waals surface area contributed by atoms with Gasteiger partial charge in [0.2, 0.25) is 0 Å². The van der Waals surface area contributed by atoms with Gasteiger partial charge in [-0.05, 0) is 61.5 Å². The zero-order chi connectivity index (χ0) is 25.9. The van der Waals surface area contributed by atoms with Crippen LogP contribution in [0, 0.1) is 6.92 Å². The molecule has 0 bridgehead atoms. The van der Waals surface area contributed by atoms with Crippen molar-refractivity contribution in [1.82, 2.24) is 0 Å². The Bertz CT molecular complexity index is 977. The molecule has 25 heavy (non-hydrogen) atoms. The molecule has 0 saturated heterocycles. The summed E-state index contributed by atoms with van der Waals surface area (Å²) >= 11 is 0. The average Bonchev–Trinajstić information content (AvgIpc) is 2.70. The molecule has 0 amide bonds. The van der Waals surface area contributed by atoms with Gasteiger partial charge in [0.05, 0.1) is 27.1 Å². The van der Waals surface area contributed by atoms with Crippen molar-refractivity contribution in [2.24, 2.45) is 0 Å². The fourth-order valence-corrected chi connectivity index (χ4v) is 2.08. The molecule has 1 N–H and O–H groups in total. The predicted molar refractivity (Wildman–Crippen MR) is 99.8 cm³/mol. The average molecular weight is 354 g/mol. The number of aryl methyl sites for hydroxylation is 2. The summed E-state index contributed by atoms with van der Waals surface area (Å²) in [5.41, 5.74) is 0.625. The smallest absolute Gasteiger partial charge is 0.160 e. The number of benzene rings is 2. The van der Waals surface area contributed by atoms with Crippen LogP contribution in [0.2, 0.25) is 0 Å². The lowest BCUT2D eigenvalue weighted by Crippen LogP contribution is -2.17. The van der Waals surface area contributed by atoms with E-state index in [-0.39, 0.29) is 22.8 Å². The van der Waals surface area contributed by atoms with E-state index in [1.807, 2.05) is 0 Å². The molecule has 0 aliphatic rings. The highest BCUT2D eigenvalue weighted by molar-refractivity contribution is 5.42. The van der Waals surface area contributed by atoms with E-state index < -0.39 is 45.3 Å². The molecule has 2 rings (SSSR count). The lowest BCUT2D eigenvalue weighted by atomic mass is 10.0. The van der Waals surface area contributed by atoms with Gasteiger partial charge in [0.1, 0.15) is 12.3 Å². The third-order valence-electron chi connectivity index (χ3n) is 3.35. The number of ether oxygens (including phenoxy) is 3. The molecule has 1 unspecified atom stereocenters. The molecule has 2 aromatic carbocycles. The third-order valence-corrected chi connectivity index (χ3v) is 3.35. The van der Waals surface area contributed by atoms with E-state index in [2.05, 4.69) is 0 Å². The highest BCUT2D eigenvalue weighted by atomic mass is 16.5. The van der Waals surface area contributed by atoms with E-state index in [0.29, 0.717) is 0 Å². The molecule has 0 saturated carbocycles. The van der Waals surface area contributed by atoms with Gasteiger partial charge in [-0.1, -0.05) is 24.6 Å². The maximum atomic E-state index is 10.4. The fraction of sp³-hybridized carbons (Fsp3) is 0.429. The summed E-state index contributed by atoms with van der Waals surface area (Å²) in [4.78, 5) is 0. The first kappa shape index (κ1) is 10.1. The van der Waals surface area contributed by atoms with Gasteiger partial charge in [0, 0.05) is 5.48 Å². The molecule has 0 spiro atoms. The Kier molecular flexibility index (Phi) is 4.01. The molecule has 1 atom stereocenters. The molecule has 0 aliphatic carbocycles. The number of aliphatic hydroxyl groups excluding tert-OH is 1. The second-order valence-corrected chi connectivity index (χ2v) is 5.36. The van der Waals surface area contributed by atoms with Crippen molar-refractivity contribution in [3.05, 3.63) is 53.6 Å². The Balaban J connectivity index is 2.18. The quantitative estimate of drug-likeness (QED) is 0.696. The van der Waals surface area contributed by atoms with Gasteiger partial charge in [-0.3, -0.25) is 0 Å². The van der Waals surface area contributed by atoms with Crippen molar-refractivity contribution in [1.29, 1.82) is 0 Å². The minimum absolute atomic E-state index is 0.0353. The first-order chi connectivity index (χ1) is 15.5. The SMILES string of the molecule is [2H]C([2H])([2H])Oc1cc(C([2H])([2H])C([2H])([2H])CCC(O)C([2H])([2H])Oc2cccc(C)c2)ccc1OC. The Hall–Kier alpha value is -2.20. The van der Waals surface area contributed by atoms with Crippen LogP contribution in [0.3, 0.4) is 0 Å². The zero-order valence-electron chi connectivity index (χ0n) is 23.2. The molecule has 4 heteroatoms. The van der Waals surface area contributed by atoms with Crippen molar-refractivity contribution < 1.29 is 31.7 Å². The van der Waals surface area contributed by atoms with E-state index in [4.69, 9.17) is 26.5 Å². The summed E-state index contributed by atoms with van der Waals surface area (Å²) < 4.78 is 86.3.